The van der Waals surface area contributed by atoms with Crippen LogP contribution < -0.4 is 10.1 Å². The average Bonchev–Trinajstić information content (AvgIpc) is 2.72. The lowest BCUT2D eigenvalue weighted by Crippen LogP contribution is -2.40. The lowest BCUT2D eigenvalue weighted by atomic mass is 10.0. The molecule has 1 aliphatic heterocycles. The van der Waals surface area contributed by atoms with Crippen LogP contribution in [0, 0.1) is 0 Å². The minimum atomic E-state index is -0.269. The van der Waals surface area contributed by atoms with Crippen LogP contribution in [0.15, 0.2) is 48.5 Å². The van der Waals surface area contributed by atoms with Gasteiger partial charge in [-0.25, -0.2) is 0 Å². The number of carbonyl (C=O) groups is 2. The Morgan fingerprint density at radius 3 is 2.61 bits per heavy atom. The van der Waals surface area contributed by atoms with Crippen LogP contribution >= 0.6 is 0 Å². The normalized spacial score (nSPS) is 14.0. The second kappa shape index (κ2) is 9.37. The number of benzene rings is 2. The van der Waals surface area contributed by atoms with Gasteiger partial charge in [-0.2, -0.15) is 0 Å². The fourth-order valence-electron chi connectivity index (χ4n) is 3.11. The fraction of sp³-hybridized carbons (Fsp3) is 0.364. The van der Waals surface area contributed by atoms with Gasteiger partial charge in [0.2, 0.25) is 0 Å². The molecule has 1 aliphatic rings. The van der Waals surface area contributed by atoms with E-state index in [4.69, 9.17) is 9.47 Å². The van der Waals surface area contributed by atoms with Gasteiger partial charge < -0.3 is 19.7 Å². The average molecular weight is 382 g/mol. The van der Waals surface area contributed by atoms with Crippen LogP contribution in [0.5, 0.6) is 5.75 Å². The molecule has 0 saturated carbocycles. The van der Waals surface area contributed by atoms with E-state index in [-0.39, 0.29) is 18.4 Å². The number of para-hydroxylation sites is 1. The van der Waals surface area contributed by atoms with Gasteiger partial charge in [0.15, 0.2) is 6.61 Å². The molecule has 1 N–H and O–H groups in total. The number of rotatable bonds is 6. The number of nitrogens with one attached hydrogen (secondary N) is 1. The van der Waals surface area contributed by atoms with Crippen LogP contribution in [-0.2, 0) is 9.53 Å². The molecule has 0 spiro atoms. The van der Waals surface area contributed by atoms with Crippen molar-refractivity contribution in [3.05, 3.63) is 59.7 Å². The Balaban J connectivity index is 1.59. The summed E-state index contributed by atoms with van der Waals surface area (Å²) in [6.45, 7) is 6.34. The molecular formula is C22H26N2O4. The van der Waals surface area contributed by atoms with Gasteiger partial charge in [-0.1, -0.05) is 38.1 Å². The number of morpholine rings is 1. The van der Waals surface area contributed by atoms with Crippen LogP contribution in [-0.4, -0.2) is 49.6 Å². The van der Waals surface area contributed by atoms with Crippen LogP contribution in [0.3, 0.4) is 0 Å². The standard InChI is InChI=1S/C22H26N2O4/c1-16(2)19-8-3-4-9-20(19)28-15-21(25)23-18-7-5-6-17(14-18)22(26)24-10-12-27-13-11-24/h3-9,14,16H,10-13,15H2,1-2H3,(H,23,25). The molecule has 3 rings (SSSR count). The molecule has 6 heteroatoms. The van der Waals surface area contributed by atoms with Gasteiger partial charge in [0.05, 0.1) is 13.2 Å². The predicted octanol–water partition coefficient (Wildman–Crippen LogP) is 3.30. The maximum atomic E-state index is 12.6. The van der Waals surface area contributed by atoms with E-state index in [9.17, 15) is 9.59 Å². The molecular weight excluding hydrogens is 356 g/mol. The van der Waals surface area contributed by atoms with E-state index in [0.29, 0.717) is 49.2 Å². The van der Waals surface area contributed by atoms with Crippen molar-refractivity contribution in [2.24, 2.45) is 0 Å². The molecule has 2 aromatic rings. The van der Waals surface area contributed by atoms with Gasteiger partial charge in [-0.05, 0) is 35.7 Å². The number of anilines is 1. The molecule has 0 bridgehead atoms. The van der Waals surface area contributed by atoms with Gasteiger partial charge >= 0.3 is 0 Å². The highest BCUT2D eigenvalue weighted by Crippen LogP contribution is 2.25. The predicted molar refractivity (Wildman–Crippen MR) is 108 cm³/mol. The van der Waals surface area contributed by atoms with E-state index >= 15 is 0 Å². The minimum Gasteiger partial charge on any atom is -0.483 e. The zero-order valence-corrected chi connectivity index (χ0v) is 16.3. The Bertz CT molecular complexity index is 829. The number of ether oxygens (including phenoxy) is 2. The Morgan fingerprint density at radius 1 is 1.11 bits per heavy atom. The number of amides is 2. The third kappa shape index (κ3) is 5.10. The number of hydrogen-bond acceptors (Lipinski definition) is 4. The van der Waals surface area contributed by atoms with Crippen molar-refractivity contribution in [3.63, 3.8) is 0 Å². The first-order valence-electron chi connectivity index (χ1n) is 9.53. The smallest absolute Gasteiger partial charge is 0.262 e. The maximum absolute atomic E-state index is 12.6. The van der Waals surface area contributed by atoms with E-state index in [0.717, 1.165) is 5.56 Å². The van der Waals surface area contributed by atoms with Gasteiger partial charge in [-0.3, -0.25) is 9.59 Å². The number of carbonyl (C=O) groups excluding carboxylic acids is 2. The van der Waals surface area contributed by atoms with Crippen LogP contribution in [0.2, 0.25) is 0 Å². The summed E-state index contributed by atoms with van der Waals surface area (Å²) >= 11 is 0. The summed E-state index contributed by atoms with van der Waals surface area (Å²) in [6.07, 6.45) is 0. The molecule has 2 amide bonds. The Morgan fingerprint density at radius 2 is 1.86 bits per heavy atom. The Hall–Kier alpha value is -2.86. The third-order valence-electron chi connectivity index (χ3n) is 4.59. The second-order valence-electron chi connectivity index (χ2n) is 7.01. The zero-order chi connectivity index (χ0) is 19.9. The fourth-order valence-corrected chi connectivity index (χ4v) is 3.11. The Labute approximate surface area is 165 Å². The highest BCUT2D eigenvalue weighted by molar-refractivity contribution is 5.97. The van der Waals surface area contributed by atoms with Gasteiger partial charge in [0.1, 0.15) is 5.75 Å². The number of hydrogen-bond donors (Lipinski definition) is 1. The van der Waals surface area contributed by atoms with Crippen LogP contribution in [0.1, 0.15) is 35.7 Å². The highest BCUT2D eigenvalue weighted by atomic mass is 16.5. The zero-order valence-electron chi connectivity index (χ0n) is 16.3. The summed E-state index contributed by atoms with van der Waals surface area (Å²) in [4.78, 5) is 26.6. The van der Waals surface area contributed by atoms with Gasteiger partial charge in [0, 0.05) is 24.3 Å². The monoisotopic (exact) mass is 382 g/mol. The van der Waals surface area contributed by atoms with E-state index in [2.05, 4.69) is 19.2 Å². The molecule has 1 fully saturated rings. The summed E-state index contributed by atoms with van der Waals surface area (Å²) in [5.74, 6) is 0.696. The SMILES string of the molecule is CC(C)c1ccccc1OCC(=O)Nc1cccc(C(=O)N2CCOCC2)c1. The summed E-state index contributed by atoms with van der Waals surface area (Å²) in [5.41, 5.74) is 2.18. The van der Waals surface area contributed by atoms with Crippen molar-refractivity contribution in [3.8, 4) is 5.75 Å². The van der Waals surface area contributed by atoms with E-state index in [1.54, 1.807) is 29.2 Å². The summed E-state index contributed by atoms with van der Waals surface area (Å²) in [7, 11) is 0. The van der Waals surface area contributed by atoms with Crippen molar-refractivity contribution in [2.45, 2.75) is 19.8 Å². The Kier molecular flexibility index (Phi) is 6.66. The van der Waals surface area contributed by atoms with E-state index in [1.165, 1.54) is 0 Å². The molecule has 1 heterocycles. The third-order valence-corrected chi connectivity index (χ3v) is 4.59. The molecule has 6 nitrogen and oxygen atoms in total. The molecule has 28 heavy (non-hydrogen) atoms. The van der Waals surface area contributed by atoms with Crippen molar-refractivity contribution in [1.29, 1.82) is 0 Å². The first kappa shape index (κ1) is 19.9. The lowest BCUT2D eigenvalue weighted by Gasteiger charge is -2.27. The molecule has 0 aromatic heterocycles. The topological polar surface area (TPSA) is 67.9 Å². The maximum Gasteiger partial charge on any atom is 0.262 e. The van der Waals surface area contributed by atoms with Crippen molar-refractivity contribution in [2.75, 3.05) is 38.2 Å². The summed E-state index contributed by atoms with van der Waals surface area (Å²) in [5, 5.41) is 2.80. The van der Waals surface area contributed by atoms with E-state index in [1.807, 2.05) is 24.3 Å². The van der Waals surface area contributed by atoms with Crippen molar-refractivity contribution >= 4 is 17.5 Å². The van der Waals surface area contributed by atoms with E-state index < -0.39 is 0 Å². The first-order valence-corrected chi connectivity index (χ1v) is 9.53. The van der Waals surface area contributed by atoms with Crippen LogP contribution in [0.4, 0.5) is 5.69 Å². The van der Waals surface area contributed by atoms with Crippen LogP contribution in [0.25, 0.3) is 0 Å². The molecule has 0 unspecified atom stereocenters. The van der Waals surface area contributed by atoms with Crippen molar-refractivity contribution in [1.82, 2.24) is 4.90 Å². The van der Waals surface area contributed by atoms with Crippen molar-refractivity contribution < 1.29 is 19.1 Å². The lowest BCUT2D eigenvalue weighted by molar-refractivity contribution is -0.118. The molecule has 1 saturated heterocycles. The quantitative estimate of drug-likeness (QED) is 0.832. The van der Waals surface area contributed by atoms with Gasteiger partial charge in [-0.15, -0.1) is 0 Å². The first-order chi connectivity index (χ1) is 13.5. The minimum absolute atomic E-state index is 0.0542. The molecule has 2 aromatic carbocycles. The molecule has 0 atom stereocenters. The molecule has 0 radical (unpaired) electrons. The summed E-state index contributed by atoms with van der Waals surface area (Å²) < 4.78 is 11.0. The number of nitrogens with zero attached hydrogens (tertiary/aromatic N) is 1. The highest BCUT2D eigenvalue weighted by Gasteiger charge is 2.19. The second-order valence-corrected chi connectivity index (χ2v) is 7.01. The summed E-state index contributed by atoms with van der Waals surface area (Å²) in [6, 6.07) is 14.7. The molecule has 148 valence electrons. The van der Waals surface area contributed by atoms with Gasteiger partial charge in [0.25, 0.3) is 11.8 Å². The largest absolute Gasteiger partial charge is 0.483 e. The molecule has 0 aliphatic carbocycles.